The molecule has 0 aliphatic rings. The van der Waals surface area contributed by atoms with Crippen LogP contribution in [0.2, 0.25) is 10.0 Å². The van der Waals surface area contributed by atoms with E-state index < -0.39 is 5.97 Å². The molecule has 0 amide bonds. The number of carboxylic acids is 1. The first-order valence-corrected chi connectivity index (χ1v) is 11.1. The summed E-state index contributed by atoms with van der Waals surface area (Å²) in [5.41, 5.74) is 2.58. The monoisotopic (exact) mass is 476 g/mol. The maximum atomic E-state index is 13.0. The molecule has 0 aliphatic carbocycles. The Balaban J connectivity index is 1.71. The molecule has 0 unspecified atom stereocenters. The van der Waals surface area contributed by atoms with E-state index in [-0.39, 0.29) is 5.82 Å². The van der Waals surface area contributed by atoms with Crippen LogP contribution in [0.4, 0.5) is 4.39 Å². The molecule has 3 nitrogen and oxygen atoms in total. The predicted molar refractivity (Wildman–Crippen MR) is 125 cm³/mol. The van der Waals surface area contributed by atoms with Crippen LogP contribution in [-0.2, 0) is 17.0 Å². The summed E-state index contributed by atoms with van der Waals surface area (Å²) in [5, 5.41) is 10.2. The fourth-order valence-corrected chi connectivity index (χ4v) is 4.44. The molecule has 3 aromatic rings. The van der Waals surface area contributed by atoms with Gasteiger partial charge in [0.1, 0.15) is 11.6 Å². The van der Waals surface area contributed by atoms with E-state index >= 15 is 0 Å². The first kappa shape index (κ1) is 23.2. The summed E-state index contributed by atoms with van der Waals surface area (Å²) in [6, 6.07) is 17.2. The first-order valence-electron chi connectivity index (χ1n) is 9.40. The lowest BCUT2D eigenvalue weighted by atomic mass is 10.1. The van der Waals surface area contributed by atoms with E-state index in [2.05, 4.69) is 0 Å². The Morgan fingerprint density at radius 2 is 1.71 bits per heavy atom. The van der Waals surface area contributed by atoms with Gasteiger partial charge in [0.05, 0.1) is 16.7 Å². The van der Waals surface area contributed by atoms with Crippen molar-refractivity contribution in [1.82, 2.24) is 0 Å². The van der Waals surface area contributed by atoms with Gasteiger partial charge < -0.3 is 9.84 Å². The van der Waals surface area contributed by atoms with E-state index in [0.717, 1.165) is 22.1 Å². The summed E-state index contributed by atoms with van der Waals surface area (Å²) in [7, 11) is 0. The van der Waals surface area contributed by atoms with Gasteiger partial charge in [-0.1, -0.05) is 47.5 Å². The number of carbonyl (C=O) groups is 1. The van der Waals surface area contributed by atoms with Crippen molar-refractivity contribution >= 4 is 47.0 Å². The van der Waals surface area contributed by atoms with Crippen LogP contribution < -0.4 is 4.74 Å². The molecule has 7 heteroatoms. The zero-order valence-electron chi connectivity index (χ0n) is 16.4. The summed E-state index contributed by atoms with van der Waals surface area (Å²) in [6.45, 7) is 0.378. The van der Waals surface area contributed by atoms with Gasteiger partial charge in [-0.2, -0.15) is 0 Å². The van der Waals surface area contributed by atoms with Crippen molar-refractivity contribution in [2.75, 3.05) is 6.61 Å². The van der Waals surface area contributed by atoms with Crippen molar-refractivity contribution in [3.05, 3.63) is 99.3 Å². The van der Waals surface area contributed by atoms with E-state index in [0.29, 0.717) is 40.1 Å². The lowest BCUT2D eigenvalue weighted by molar-refractivity contribution is -0.131. The number of halogens is 3. The second-order valence-electron chi connectivity index (χ2n) is 6.61. The average molecular weight is 477 g/mol. The first-order chi connectivity index (χ1) is 14.9. The smallest absolute Gasteiger partial charge is 0.328 e. The number of rotatable bonds is 9. The highest BCUT2D eigenvalue weighted by Gasteiger charge is 2.09. The van der Waals surface area contributed by atoms with Crippen molar-refractivity contribution in [2.24, 2.45) is 0 Å². The highest BCUT2D eigenvalue weighted by Crippen LogP contribution is 2.36. The van der Waals surface area contributed by atoms with Gasteiger partial charge in [0.25, 0.3) is 0 Å². The van der Waals surface area contributed by atoms with Gasteiger partial charge in [-0.25, -0.2) is 9.18 Å². The van der Waals surface area contributed by atoms with Crippen molar-refractivity contribution in [3.63, 3.8) is 0 Å². The molecule has 0 saturated heterocycles. The molecule has 31 heavy (non-hydrogen) atoms. The van der Waals surface area contributed by atoms with Crippen molar-refractivity contribution in [1.29, 1.82) is 0 Å². The highest BCUT2D eigenvalue weighted by molar-refractivity contribution is 7.98. The number of carboxylic acid groups (broad SMARTS) is 1. The SMILES string of the molecule is O=C(O)C=Cc1cc(CSc2c(Cl)cccc2Cl)ccc1OCCc1ccc(F)cc1. The molecule has 0 atom stereocenters. The van der Waals surface area contributed by atoms with E-state index in [1.807, 2.05) is 18.2 Å². The molecule has 0 fully saturated rings. The van der Waals surface area contributed by atoms with Crippen LogP contribution in [0.15, 0.2) is 71.6 Å². The van der Waals surface area contributed by atoms with Gasteiger partial charge in [-0.15, -0.1) is 11.8 Å². The molecule has 3 aromatic carbocycles. The Labute approximate surface area is 194 Å². The molecular formula is C24H19Cl2FO3S. The molecule has 0 aliphatic heterocycles. The standard InChI is InChI=1S/C24H19Cl2FO3S/c25-20-2-1-3-21(26)24(20)31-15-17-6-10-22(18(14-17)7-11-23(28)29)30-13-12-16-4-8-19(27)9-5-16/h1-11,14H,12-13,15H2,(H,28,29). The summed E-state index contributed by atoms with van der Waals surface area (Å²) >= 11 is 14.0. The number of aliphatic carboxylic acids is 1. The molecule has 3 rings (SSSR count). The lowest BCUT2D eigenvalue weighted by Gasteiger charge is -2.12. The molecule has 0 spiro atoms. The molecule has 0 aromatic heterocycles. The third-order valence-electron chi connectivity index (χ3n) is 4.34. The minimum absolute atomic E-state index is 0.280. The fourth-order valence-electron chi connectivity index (χ4n) is 2.82. The van der Waals surface area contributed by atoms with E-state index in [9.17, 15) is 9.18 Å². The third kappa shape index (κ3) is 7.03. The van der Waals surface area contributed by atoms with Crippen LogP contribution >= 0.6 is 35.0 Å². The van der Waals surface area contributed by atoms with Gasteiger partial charge in [-0.05, 0) is 53.6 Å². The van der Waals surface area contributed by atoms with E-state index in [4.69, 9.17) is 33.0 Å². The van der Waals surface area contributed by atoms with E-state index in [1.54, 1.807) is 30.3 Å². The van der Waals surface area contributed by atoms with Crippen LogP contribution in [0, 0.1) is 5.82 Å². The second-order valence-corrected chi connectivity index (χ2v) is 8.41. The van der Waals surface area contributed by atoms with Crippen LogP contribution in [0.1, 0.15) is 16.7 Å². The summed E-state index contributed by atoms with van der Waals surface area (Å²) in [4.78, 5) is 11.8. The summed E-state index contributed by atoms with van der Waals surface area (Å²) in [5.74, 6) is -0.144. The predicted octanol–water partition coefficient (Wildman–Crippen LogP) is 7.14. The lowest BCUT2D eigenvalue weighted by Crippen LogP contribution is -2.03. The van der Waals surface area contributed by atoms with Gasteiger partial charge in [0.15, 0.2) is 0 Å². The molecule has 1 N–H and O–H groups in total. The zero-order chi connectivity index (χ0) is 22.2. The quantitative estimate of drug-likeness (QED) is 0.263. The number of hydrogen-bond donors (Lipinski definition) is 1. The maximum Gasteiger partial charge on any atom is 0.328 e. The van der Waals surface area contributed by atoms with Gasteiger partial charge in [0.2, 0.25) is 0 Å². The molecule has 0 heterocycles. The Morgan fingerprint density at radius 1 is 1.03 bits per heavy atom. The number of ether oxygens (including phenoxy) is 1. The fraction of sp³-hybridized carbons (Fsp3) is 0.125. The minimum atomic E-state index is -1.04. The molecular weight excluding hydrogens is 458 g/mol. The molecule has 0 saturated carbocycles. The van der Waals surface area contributed by atoms with E-state index in [1.165, 1.54) is 30.0 Å². The highest BCUT2D eigenvalue weighted by atomic mass is 35.5. The Hall–Kier alpha value is -2.47. The minimum Gasteiger partial charge on any atom is -0.493 e. The Morgan fingerprint density at radius 3 is 2.39 bits per heavy atom. The zero-order valence-corrected chi connectivity index (χ0v) is 18.7. The van der Waals surface area contributed by atoms with Crippen molar-refractivity contribution in [2.45, 2.75) is 17.1 Å². The molecule has 0 bridgehead atoms. The van der Waals surface area contributed by atoms with Gasteiger partial charge >= 0.3 is 5.97 Å². The van der Waals surface area contributed by atoms with Crippen LogP contribution in [-0.4, -0.2) is 17.7 Å². The topological polar surface area (TPSA) is 46.5 Å². The van der Waals surface area contributed by atoms with Gasteiger partial charge in [-0.3, -0.25) is 0 Å². The number of thioether (sulfide) groups is 1. The maximum absolute atomic E-state index is 13.0. The van der Waals surface area contributed by atoms with Crippen molar-refractivity contribution < 1.29 is 19.0 Å². The normalized spacial score (nSPS) is 11.1. The number of benzene rings is 3. The second kappa shape index (κ2) is 11.2. The van der Waals surface area contributed by atoms with Crippen LogP contribution in [0.5, 0.6) is 5.75 Å². The third-order valence-corrected chi connectivity index (χ3v) is 6.40. The summed E-state index contributed by atoms with van der Waals surface area (Å²) < 4.78 is 18.9. The molecule has 0 radical (unpaired) electrons. The summed E-state index contributed by atoms with van der Waals surface area (Å²) in [6.07, 6.45) is 3.18. The average Bonchev–Trinajstić information content (AvgIpc) is 2.74. The number of hydrogen-bond acceptors (Lipinski definition) is 3. The van der Waals surface area contributed by atoms with Gasteiger partial charge in [0, 0.05) is 28.7 Å². The molecule has 160 valence electrons. The Bertz CT molecular complexity index is 1060. The van der Waals surface area contributed by atoms with Crippen molar-refractivity contribution in [3.8, 4) is 5.75 Å². The van der Waals surface area contributed by atoms with Crippen LogP contribution in [0.3, 0.4) is 0 Å². The van der Waals surface area contributed by atoms with Crippen LogP contribution in [0.25, 0.3) is 6.08 Å². The largest absolute Gasteiger partial charge is 0.493 e. The Kier molecular flexibility index (Phi) is 8.41.